The summed E-state index contributed by atoms with van der Waals surface area (Å²) in [7, 11) is 3.15. The third kappa shape index (κ3) is 4.40. The molecule has 6 nitrogen and oxygen atoms in total. The minimum atomic E-state index is -0.436. The lowest BCUT2D eigenvalue weighted by molar-refractivity contribution is -0.117. The number of nitrogens with zero attached hydrogens (tertiary/aromatic N) is 1. The van der Waals surface area contributed by atoms with Crippen molar-refractivity contribution < 1.29 is 18.7 Å². The maximum Gasteiger partial charge on any atom is 0.262 e. The maximum absolute atomic E-state index is 12.0. The van der Waals surface area contributed by atoms with Gasteiger partial charge in [0.1, 0.15) is 17.4 Å². The fraction of sp³-hybridized carbons (Fsp3) is 0.222. The first-order valence-corrected chi connectivity index (χ1v) is 7.32. The van der Waals surface area contributed by atoms with E-state index in [0.717, 1.165) is 5.56 Å². The quantitative estimate of drug-likeness (QED) is 0.624. The van der Waals surface area contributed by atoms with Crippen molar-refractivity contribution in [2.45, 2.75) is 6.42 Å². The number of methoxy groups -OCH3 is 2. The van der Waals surface area contributed by atoms with E-state index in [-0.39, 0.29) is 5.57 Å². The molecule has 0 bridgehead atoms. The molecule has 1 N–H and O–H groups in total. The molecule has 0 saturated carbocycles. The lowest BCUT2D eigenvalue weighted by Gasteiger charge is -2.10. The van der Waals surface area contributed by atoms with Crippen molar-refractivity contribution in [2.24, 2.45) is 0 Å². The van der Waals surface area contributed by atoms with Crippen molar-refractivity contribution >= 4 is 12.0 Å². The molecule has 0 radical (unpaired) electrons. The molecule has 1 aromatic heterocycles. The van der Waals surface area contributed by atoms with E-state index in [1.807, 2.05) is 24.3 Å². The van der Waals surface area contributed by atoms with Crippen LogP contribution in [-0.2, 0) is 11.2 Å². The van der Waals surface area contributed by atoms with Crippen molar-refractivity contribution in [3.8, 4) is 17.6 Å². The fourth-order valence-corrected chi connectivity index (χ4v) is 2.12. The zero-order valence-corrected chi connectivity index (χ0v) is 13.5. The lowest BCUT2D eigenvalue weighted by Crippen LogP contribution is -2.26. The van der Waals surface area contributed by atoms with E-state index in [0.29, 0.717) is 30.2 Å². The Hall–Kier alpha value is -3.20. The van der Waals surface area contributed by atoms with Crippen molar-refractivity contribution in [3.05, 3.63) is 53.5 Å². The van der Waals surface area contributed by atoms with E-state index in [1.54, 1.807) is 26.4 Å². The summed E-state index contributed by atoms with van der Waals surface area (Å²) in [5, 5.41) is 11.8. The molecule has 0 aliphatic heterocycles. The van der Waals surface area contributed by atoms with Gasteiger partial charge in [-0.1, -0.05) is 6.07 Å². The van der Waals surface area contributed by atoms with Crippen LogP contribution in [0.5, 0.6) is 11.5 Å². The number of hydrogen-bond donors (Lipinski definition) is 1. The Balaban J connectivity index is 1.94. The van der Waals surface area contributed by atoms with Crippen LogP contribution in [0.15, 0.2) is 46.6 Å². The SMILES string of the molecule is COc1ccc(CCNC(=O)C(C#N)=Cc2ccco2)cc1OC. The number of carbonyl (C=O) groups is 1. The van der Waals surface area contributed by atoms with Crippen molar-refractivity contribution in [3.63, 3.8) is 0 Å². The smallest absolute Gasteiger partial charge is 0.262 e. The van der Waals surface area contributed by atoms with Gasteiger partial charge in [-0.2, -0.15) is 5.26 Å². The highest BCUT2D eigenvalue weighted by Gasteiger charge is 2.10. The summed E-state index contributed by atoms with van der Waals surface area (Å²) in [6.07, 6.45) is 3.49. The number of furan rings is 1. The Labute approximate surface area is 140 Å². The standard InChI is InChI=1S/C18H18N2O4/c1-22-16-6-5-13(10-17(16)23-2)7-8-20-18(21)14(12-19)11-15-4-3-9-24-15/h3-6,9-11H,7-8H2,1-2H3,(H,20,21). The van der Waals surface area contributed by atoms with Gasteiger partial charge in [0.2, 0.25) is 0 Å². The third-order valence-corrected chi connectivity index (χ3v) is 3.34. The van der Waals surface area contributed by atoms with Gasteiger partial charge in [0.15, 0.2) is 11.5 Å². The van der Waals surface area contributed by atoms with Crippen LogP contribution in [-0.4, -0.2) is 26.7 Å². The predicted octanol–water partition coefficient (Wildman–Crippen LogP) is 2.56. The van der Waals surface area contributed by atoms with Gasteiger partial charge in [-0.3, -0.25) is 4.79 Å². The van der Waals surface area contributed by atoms with E-state index >= 15 is 0 Å². The molecule has 0 unspecified atom stereocenters. The number of nitriles is 1. The molecular weight excluding hydrogens is 308 g/mol. The zero-order chi connectivity index (χ0) is 17.4. The summed E-state index contributed by atoms with van der Waals surface area (Å²) in [6.45, 7) is 0.394. The minimum Gasteiger partial charge on any atom is -0.493 e. The number of nitrogens with one attached hydrogen (secondary N) is 1. The average Bonchev–Trinajstić information content (AvgIpc) is 3.12. The van der Waals surface area contributed by atoms with E-state index in [9.17, 15) is 4.79 Å². The lowest BCUT2D eigenvalue weighted by atomic mass is 10.1. The molecule has 0 saturated heterocycles. The normalized spacial score (nSPS) is 10.8. The van der Waals surface area contributed by atoms with Crippen LogP contribution in [0.4, 0.5) is 0 Å². The average molecular weight is 326 g/mol. The van der Waals surface area contributed by atoms with Crippen LogP contribution in [0.1, 0.15) is 11.3 Å². The fourth-order valence-electron chi connectivity index (χ4n) is 2.12. The second-order valence-electron chi connectivity index (χ2n) is 4.88. The highest BCUT2D eigenvalue weighted by Crippen LogP contribution is 2.27. The molecule has 1 aromatic carbocycles. The molecule has 0 fully saturated rings. The summed E-state index contributed by atoms with van der Waals surface area (Å²) in [5.74, 6) is 1.31. The van der Waals surface area contributed by atoms with Crippen molar-refractivity contribution in [2.75, 3.05) is 20.8 Å². The zero-order valence-electron chi connectivity index (χ0n) is 13.5. The topological polar surface area (TPSA) is 84.5 Å². The molecule has 0 aliphatic carbocycles. The van der Waals surface area contributed by atoms with Crippen LogP contribution >= 0.6 is 0 Å². The Morgan fingerprint density at radius 3 is 2.71 bits per heavy atom. The molecule has 2 aromatic rings. The van der Waals surface area contributed by atoms with Gasteiger partial charge in [0.05, 0.1) is 20.5 Å². The van der Waals surface area contributed by atoms with Crippen LogP contribution in [0, 0.1) is 11.3 Å². The molecule has 24 heavy (non-hydrogen) atoms. The minimum absolute atomic E-state index is 0.00254. The van der Waals surface area contributed by atoms with Crippen LogP contribution in [0.3, 0.4) is 0 Å². The van der Waals surface area contributed by atoms with Crippen molar-refractivity contribution in [1.29, 1.82) is 5.26 Å². The molecule has 2 rings (SSSR count). The Morgan fingerprint density at radius 1 is 1.29 bits per heavy atom. The molecule has 0 spiro atoms. The maximum atomic E-state index is 12.0. The molecule has 0 atom stereocenters. The molecule has 124 valence electrons. The molecular formula is C18H18N2O4. The van der Waals surface area contributed by atoms with Gasteiger partial charge in [-0.15, -0.1) is 0 Å². The predicted molar refractivity (Wildman–Crippen MR) is 88.6 cm³/mol. The first kappa shape index (κ1) is 17.2. The second kappa shape index (κ2) is 8.44. The van der Waals surface area contributed by atoms with Crippen molar-refractivity contribution in [1.82, 2.24) is 5.32 Å². The Kier molecular flexibility index (Phi) is 6.03. The molecule has 1 amide bonds. The molecule has 1 heterocycles. The monoisotopic (exact) mass is 326 g/mol. The van der Waals surface area contributed by atoms with E-state index in [1.165, 1.54) is 12.3 Å². The Bertz CT molecular complexity index is 758. The second-order valence-corrected chi connectivity index (χ2v) is 4.88. The number of rotatable bonds is 7. The summed E-state index contributed by atoms with van der Waals surface area (Å²) in [6, 6.07) is 10.8. The van der Waals surface area contributed by atoms with Crippen LogP contribution < -0.4 is 14.8 Å². The summed E-state index contributed by atoms with van der Waals surface area (Å²) in [4.78, 5) is 12.0. The van der Waals surface area contributed by atoms with Crippen LogP contribution in [0.25, 0.3) is 6.08 Å². The van der Waals surface area contributed by atoms with Gasteiger partial charge in [-0.05, 0) is 36.2 Å². The highest BCUT2D eigenvalue weighted by atomic mass is 16.5. The first-order chi connectivity index (χ1) is 11.7. The van der Waals surface area contributed by atoms with E-state index < -0.39 is 5.91 Å². The number of ether oxygens (including phenoxy) is 2. The number of carbonyl (C=O) groups excluding carboxylic acids is 1. The summed E-state index contributed by atoms with van der Waals surface area (Å²) in [5.41, 5.74) is 0.985. The van der Waals surface area contributed by atoms with E-state index in [4.69, 9.17) is 19.2 Å². The van der Waals surface area contributed by atoms with Gasteiger partial charge in [0, 0.05) is 12.6 Å². The Morgan fingerprint density at radius 2 is 2.08 bits per heavy atom. The largest absolute Gasteiger partial charge is 0.493 e. The van der Waals surface area contributed by atoms with Gasteiger partial charge in [-0.25, -0.2) is 0 Å². The van der Waals surface area contributed by atoms with Gasteiger partial charge < -0.3 is 19.2 Å². The number of amides is 1. The summed E-state index contributed by atoms with van der Waals surface area (Å²) >= 11 is 0. The van der Waals surface area contributed by atoms with Crippen LogP contribution in [0.2, 0.25) is 0 Å². The highest BCUT2D eigenvalue weighted by molar-refractivity contribution is 6.01. The van der Waals surface area contributed by atoms with Gasteiger partial charge >= 0.3 is 0 Å². The number of benzene rings is 1. The third-order valence-electron chi connectivity index (χ3n) is 3.34. The number of hydrogen-bond acceptors (Lipinski definition) is 5. The van der Waals surface area contributed by atoms with Gasteiger partial charge in [0.25, 0.3) is 5.91 Å². The summed E-state index contributed by atoms with van der Waals surface area (Å²) < 4.78 is 15.5. The molecule has 6 heteroatoms. The molecule has 0 aliphatic rings. The first-order valence-electron chi connectivity index (χ1n) is 7.32. The van der Waals surface area contributed by atoms with E-state index in [2.05, 4.69) is 5.32 Å².